The van der Waals surface area contributed by atoms with E-state index in [2.05, 4.69) is 6.92 Å². The third-order valence-electron chi connectivity index (χ3n) is 5.44. The molecule has 130 valence electrons. The van der Waals surface area contributed by atoms with Crippen molar-refractivity contribution in [3.8, 4) is 0 Å². The minimum absolute atomic E-state index is 0.0779. The first kappa shape index (κ1) is 18.1. The highest BCUT2D eigenvalue weighted by Gasteiger charge is 2.46. The van der Waals surface area contributed by atoms with E-state index in [1.807, 2.05) is 0 Å². The highest BCUT2D eigenvalue weighted by Crippen LogP contribution is 2.44. The monoisotopic (exact) mass is 322 g/mol. The molecule has 0 bridgehead atoms. The van der Waals surface area contributed by atoms with E-state index in [1.54, 1.807) is 0 Å². The number of aliphatic hydroxyl groups is 1. The minimum atomic E-state index is -1.66. The predicted octanol–water partition coefficient (Wildman–Crippen LogP) is 4.00. The van der Waals surface area contributed by atoms with Gasteiger partial charge in [0.2, 0.25) is 0 Å². The van der Waals surface area contributed by atoms with Gasteiger partial charge in [0.05, 0.1) is 6.10 Å². The molecule has 7 unspecified atom stereocenters. The lowest BCUT2D eigenvalue weighted by Gasteiger charge is -2.42. The smallest absolute Gasteiger partial charge is 0.136 e. The van der Waals surface area contributed by atoms with E-state index in [1.165, 1.54) is 0 Å². The van der Waals surface area contributed by atoms with Crippen LogP contribution in [0.3, 0.4) is 0 Å². The first-order valence-corrected chi connectivity index (χ1v) is 8.73. The molecule has 2 aliphatic carbocycles. The molecule has 0 aromatic rings. The molecule has 0 aliphatic heterocycles. The number of rotatable bonds is 6. The first-order chi connectivity index (χ1) is 10.6. The summed E-state index contributed by atoms with van der Waals surface area (Å²) in [5.41, 5.74) is 0. The number of halogens is 3. The van der Waals surface area contributed by atoms with Crippen molar-refractivity contribution in [2.24, 2.45) is 17.8 Å². The molecular weight excluding hydrogens is 293 g/mol. The van der Waals surface area contributed by atoms with Gasteiger partial charge in [-0.25, -0.2) is 13.2 Å². The molecule has 0 saturated heterocycles. The van der Waals surface area contributed by atoms with Crippen LogP contribution in [0.2, 0.25) is 0 Å². The van der Waals surface area contributed by atoms with Crippen molar-refractivity contribution >= 4 is 0 Å². The van der Waals surface area contributed by atoms with Gasteiger partial charge in [0, 0.05) is 25.6 Å². The Bertz CT molecular complexity index is 329. The fourth-order valence-electron chi connectivity index (χ4n) is 3.99. The van der Waals surface area contributed by atoms with Gasteiger partial charge in [0.25, 0.3) is 0 Å². The van der Waals surface area contributed by atoms with E-state index in [4.69, 9.17) is 9.84 Å². The van der Waals surface area contributed by atoms with E-state index in [-0.39, 0.29) is 12.7 Å². The molecule has 0 amide bonds. The number of hydrogen-bond donors (Lipinski definition) is 1. The van der Waals surface area contributed by atoms with Crippen LogP contribution in [0.5, 0.6) is 0 Å². The van der Waals surface area contributed by atoms with Gasteiger partial charge < -0.3 is 9.84 Å². The van der Waals surface area contributed by atoms with Gasteiger partial charge in [0.1, 0.15) is 18.5 Å². The second-order valence-electron chi connectivity index (χ2n) is 6.91. The summed E-state index contributed by atoms with van der Waals surface area (Å²) in [4.78, 5) is 0. The molecule has 2 nitrogen and oxygen atoms in total. The molecule has 2 saturated carbocycles. The molecule has 0 spiro atoms. The van der Waals surface area contributed by atoms with Gasteiger partial charge in [-0.3, -0.25) is 0 Å². The molecule has 22 heavy (non-hydrogen) atoms. The van der Waals surface area contributed by atoms with Gasteiger partial charge in [-0.1, -0.05) is 13.3 Å². The third-order valence-corrected chi connectivity index (χ3v) is 5.44. The molecule has 2 fully saturated rings. The molecule has 0 aromatic heterocycles. The molecule has 5 heteroatoms. The lowest BCUT2D eigenvalue weighted by Crippen LogP contribution is -2.46. The first-order valence-electron chi connectivity index (χ1n) is 8.73. The Morgan fingerprint density at radius 1 is 1.00 bits per heavy atom. The van der Waals surface area contributed by atoms with Gasteiger partial charge in [-0.15, -0.1) is 0 Å². The molecule has 0 radical (unpaired) electrons. The van der Waals surface area contributed by atoms with Crippen LogP contribution in [-0.2, 0) is 4.74 Å². The number of hydrogen-bond acceptors (Lipinski definition) is 2. The summed E-state index contributed by atoms with van der Waals surface area (Å²) in [7, 11) is 0. The highest BCUT2D eigenvalue weighted by molar-refractivity contribution is 4.95. The molecule has 0 heterocycles. The molecule has 2 aliphatic rings. The zero-order chi connectivity index (χ0) is 16.1. The van der Waals surface area contributed by atoms with Crippen molar-refractivity contribution in [3.63, 3.8) is 0 Å². The maximum Gasteiger partial charge on any atom is 0.136 e. The van der Waals surface area contributed by atoms with Gasteiger partial charge in [-0.2, -0.15) is 0 Å². The van der Waals surface area contributed by atoms with E-state index < -0.39 is 36.3 Å². The van der Waals surface area contributed by atoms with Crippen molar-refractivity contribution in [1.29, 1.82) is 0 Å². The van der Waals surface area contributed by atoms with Crippen LogP contribution < -0.4 is 0 Å². The number of unbranched alkanes of at least 4 members (excludes halogenated alkanes) is 1. The average Bonchev–Trinajstić information content (AvgIpc) is 2.51. The lowest BCUT2D eigenvalue weighted by molar-refractivity contribution is -0.0678. The summed E-state index contributed by atoms with van der Waals surface area (Å²) < 4.78 is 48.4. The molecular formula is C17H29F3O2. The van der Waals surface area contributed by atoms with Crippen LogP contribution in [0.4, 0.5) is 13.2 Å². The summed E-state index contributed by atoms with van der Waals surface area (Å²) in [6.07, 6.45) is 0.0492. The van der Waals surface area contributed by atoms with E-state index in [9.17, 15) is 13.2 Å². The van der Waals surface area contributed by atoms with Crippen LogP contribution in [0, 0.1) is 17.8 Å². The fraction of sp³-hybridized carbons (Fsp3) is 1.00. The zero-order valence-corrected chi connectivity index (χ0v) is 13.4. The summed E-state index contributed by atoms with van der Waals surface area (Å²) in [5.74, 6) is -1.58. The van der Waals surface area contributed by atoms with Crippen LogP contribution >= 0.6 is 0 Å². The van der Waals surface area contributed by atoms with Crippen molar-refractivity contribution < 1.29 is 23.0 Å². The Kier molecular flexibility index (Phi) is 7.00. The quantitative estimate of drug-likeness (QED) is 0.749. The third kappa shape index (κ3) is 4.16. The maximum atomic E-state index is 14.5. The largest absolute Gasteiger partial charge is 0.396 e. The lowest BCUT2D eigenvalue weighted by atomic mass is 9.68. The minimum Gasteiger partial charge on any atom is -0.396 e. The predicted molar refractivity (Wildman–Crippen MR) is 80.0 cm³/mol. The number of ether oxygens (including phenoxy) is 1. The van der Waals surface area contributed by atoms with Crippen molar-refractivity contribution in [2.75, 3.05) is 13.2 Å². The zero-order valence-electron chi connectivity index (χ0n) is 13.4. The second-order valence-corrected chi connectivity index (χ2v) is 6.91. The number of alkyl halides is 3. The van der Waals surface area contributed by atoms with Crippen molar-refractivity contribution in [2.45, 2.75) is 76.5 Å². The Morgan fingerprint density at radius 2 is 1.73 bits per heavy atom. The Balaban J connectivity index is 1.86. The average molecular weight is 322 g/mol. The SMILES string of the molecule is CCCCOC1CCC(C2CCC(CO)C(F)C2F)C(F)C1. The van der Waals surface area contributed by atoms with E-state index in [0.717, 1.165) is 19.3 Å². The van der Waals surface area contributed by atoms with Gasteiger partial charge in [-0.05, 0) is 43.9 Å². The standard InChI is InChI=1S/C17H29F3O2/c1-2-3-8-22-12-5-7-13(15(18)9-12)14-6-4-11(10-21)16(19)17(14)20/h11-17,21H,2-10H2,1H3. The summed E-state index contributed by atoms with van der Waals surface area (Å²) in [6.45, 7) is 2.40. The van der Waals surface area contributed by atoms with Crippen LogP contribution in [0.25, 0.3) is 0 Å². The van der Waals surface area contributed by atoms with Crippen molar-refractivity contribution in [3.05, 3.63) is 0 Å². The normalized spacial score (nSPS) is 43.2. The van der Waals surface area contributed by atoms with Crippen molar-refractivity contribution in [1.82, 2.24) is 0 Å². The Morgan fingerprint density at radius 3 is 2.36 bits per heavy atom. The van der Waals surface area contributed by atoms with Crippen LogP contribution in [-0.4, -0.2) is 42.9 Å². The molecule has 1 N–H and O–H groups in total. The van der Waals surface area contributed by atoms with E-state index in [0.29, 0.717) is 32.3 Å². The second kappa shape index (κ2) is 8.53. The maximum absolute atomic E-state index is 14.5. The molecule has 2 rings (SSSR count). The van der Waals surface area contributed by atoms with Gasteiger partial charge >= 0.3 is 0 Å². The topological polar surface area (TPSA) is 29.5 Å². The highest BCUT2D eigenvalue weighted by atomic mass is 19.2. The van der Waals surface area contributed by atoms with E-state index >= 15 is 0 Å². The van der Waals surface area contributed by atoms with Crippen LogP contribution in [0.15, 0.2) is 0 Å². The fourth-order valence-corrected chi connectivity index (χ4v) is 3.99. The summed E-state index contributed by atoms with van der Waals surface area (Å²) >= 11 is 0. The van der Waals surface area contributed by atoms with Gasteiger partial charge in [0.15, 0.2) is 0 Å². The molecule has 0 aromatic carbocycles. The number of aliphatic hydroxyl groups excluding tert-OH is 1. The van der Waals surface area contributed by atoms with Crippen LogP contribution in [0.1, 0.15) is 51.9 Å². The Labute approximate surface area is 131 Å². The molecule has 7 atom stereocenters. The summed E-state index contributed by atoms with van der Waals surface area (Å²) in [5, 5.41) is 9.07. The Hall–Kier alpha value is -0.290. The summed E-state index contributed by atoms with van der Waals surface area (Å²) in [6, 6.07) is 0.